The predicted molar refractivity (Wildman–Crippen MR) is 276 cm³/mol. The number of nitrogens with one attached hydrogen (secondary N) is 2. The molecule has 428 valence electrons. The zero-order chi connectivity index (χ0) is 57.2. The van der Waals surface area contributed by atoms with Gasteiger partial charge in [-0.3, -0.25) is 24.5 Å². The van der Waals surface area contributed by atoms with Crippen molar-refractivity contribution in [2.75, 3.05) is 53.4 Å². The number of carbonyl (C=O) groups excluding carboxylic acids is 9. The normalized spacial score (nSPS) is 28.8. The first-order chi connectivity index (χ1) is 36.9. The molecule has 3 N–H and O–H groups in total. The highest BCUT2D eigenvalue weighted by Gasteiger charge is 2.64. The third-order valence-electron chi connectivity index (χ3n) is 14.6. The molecular weight excluding hydrogens is 1040 g/mol. The van der Waals surface area contributed by atoms with Gasteiger partial charge in [0.15, 0.2) is 5.72 Å². The number of hydrogen-bond donors (Lipinski definition) is 3. The van der Waals surface area contributed by atoms with E-state index in [-0.39, 0.29) is 29.3 Å². The quantitative estimate of drug-likeness (QED) is 0.0756. The summed E-state index contributed by atoms with van der Waals surface area (Å²) in [5.74, 6) is -5.39. The van der Waals surface area contributed by atoms with Gasteiger partial charge in [0.1, 0.15) is 59.5 Å². The summed E-state index contributed by atoms with van der Waals surface area (Å²) in [6, 6.07) is 0.478. The van der Waals surface area contributed by atoms with Crippen molar-refractivity contribution in [3.05, 3.63) is 58.7 Å². The number of halogens is 1. The Hall–Kier alpha value is -6.76. The molecule has 4 bridgehead atoms. The minimum atomic E-state index is -1.92. The lowest BCUT2D eigenvalue weighted by atomic mass is 9.83. The van der Waals surface area contributed by atoms with Crippen LogP contribution in [0.2, 0.25) is 5.02 Å². The van der Waals surface area contributed by atoms with Crippen LogP contribution in [0.5, 0.6) is 5.75 Å². The largest absolute Gasteiger partial charge is 0.495 e. The average Bonchev–Trinajstić information content (AvgIpc) is 4.14. The van der Waals surface area contributed by atoms with Gasteiger partial charge in [0.05, 0.1) is 38.3 Å². The van der Waals surface area contributed by atoms with Gasteiger partial charge >= 0.3 is 30.2 Å². The molecule has 2 unspecified atom stereocenters. The summed E-state index contributed by atoms with van der Waals surface area (Å²) in [5.41, 5.74) is -1.41. The molecule has 1 aromatic carbocycles. The summed E-state index contributed by atoms with van der Waals surface area (Å²) >= 11 is 6.81. The lowest BCUT2D eigenvalue weighted by Crippen LogP contribution is -2.63. The maximum absolute atomic E-state index is 14.4. The summed E-state index contributed by atoms with van der Waals surface area (Å²) in [4.78, 5) is 128. The van der Waals surface area contributed by atoms with Gasteiger partial charge in [-0.25, -0.2) is 24.0 Å². The van der Waals surface area contributed by atoms with Gasteiger partial charge in [-0.1, -0.05) is 54.8 Å². The average molecular weight is 1120 g/mol. The summed E-state index contributed by atoms with van der Waals surface area (Å²) in [5, 5.41) is 17.0. The van der Waals surface area contributed by atoms with Crippen molar-refractivity contribution in [2.24, 2.45) is 5.92 Å². The fourth-order valence-electron chi connectivity index (χ4n) is 9.59. The molecule has 1 aliphatic carbocycles. The molecule has 0 radical (unpaired) electrons. The minimum absolute atomic E-state index is 0.143. The molecule has 7 amide bonds. The summed E-state index contributed by atoms with van der Waals surface area (Å²) in [6.45, 7) is 5.50. The number of hydroxylamine groups is 2. The Bertz CT molecular complexity index is 2540. The van der Waals surface area contributed by atoms with Gasteiger partial charge in [-0.15, -0.1) is 5.06 Å². The molecule has 5 aliphatic rings. The molecule has 0 aromatic heterocycles. The molecule has 0 spiro atoms. The molecule has 78 heavy (non-hydrogen) atoms. The Morgan fingerprint density at radius 2 is 1.72 bits per heavy atom. The number of ether oxygens (including phenoxy) is 7. The van der Waals surface area contributed by atoms with E-state index in [4.69, 9.17) is 49.6 Å². The van der Waals surface area contributed by atoms with Crippen molar-refractivity contribution in [3.63, 3.8) is 0 Å². The Balaban J connectivity index is 1.15. The highest BCUT2D eigenvalue weighted by atomic mass is 35.5. The summed E-state index contributed by atoms with van der Waals surface area (Å²) < 4.78 is 40.1. The van der Waals surface area contributed by atoms with Crippen LogP contribution in [0.4, 0.5) is 20.1 Å². The van der Waals surface area contributed by atoms with E-state index in [0.717, 1.165) is 46.6 Å². The topological polar surface area (TPSA) is 288 Å². The van der Waals surface area contributed by atoms with Crippen molar-refractivity contribution >= 4 is 71.1 Å². The molecule has 10 atom stereocenters. The fraction of sp³-hybridized carbons (Fsp3) is 0.604. The van der Waals surface area contributed by atoms with Gasteiger partial charge in [0, 0.05) is 53.4 Å². The number of likely N-dealkylation sites (N-methyl/N-ethyl adjacent to an activating group) is 2. The minimum Gasteiger partial charge on any atom is -0.495 e. The molecule has 6 rings (SSSR count). The van der Waals surface area contributed by atoms with Crippen molar-refractivity contribution in [1.29, 1.82) is 0 Å². The number of alkyl carbamates (subject to hydrolysis) is 2. The van der Waals surface area contributed by atoms with Crippen molar-refractivity contribution in [1.82, 2.24) is 25.5 Å². The third-order valence-corrected chi connectivity index (χ3v) is 14.9. The van der Waals surface area contributed by atoms with E-state index in [1.165, 1.54) is 47.2 Å². The zero-order valence-electron chi connectivity index (χ0n) is 45.4. The monoisotopic (exact) mass is 1110 g/mol. The smallest absolute Gasteiger partial charge is 0.410 e. The molecular formula is C53H71ClN6O18. The first-order valence-electron chi connectivity index (χ1n) is 25.8. The lowest BCUT2D eigenvalue weighted by Gasteiger charge is -2.42. The van der Waals surface area contributed by atoms with Crippen LogP contribution >= 0.6 is 11.6 Å². The Morgan fingerprint density at radius 1 is 1.00 bits per heavy atom. The summed E-state index contributed by atoms with van der Waals surface area (Å²) in [6.07, 6.45) is 4.32. The van der Waals surface area contributed by atoms with Gasteiger partial charge in [0.2, 0.25) is 11.8 Å². The number of allylic oxidation sites excluding steroid dienone is 4. The van der Waals surface area contributed by atoms with Crippen LogP contribution in [0, 0.1) is 5.92 Å². The molecule has 3 fully saturated rings. The van der Waals surface area contributed by atoms with E-state index in [1.54, 1.807) is 44.2 Å². The molecule has 4 heterocycles. The van der Waals surface area contributed by atoms with Crippen LogP contribution in [-0.2, 0) is 68.4 Å². The molecule has 24 nitrogen and oxygen atoms in total. The van der Waals surface area contributed by atoms with E-state index < -0.39 is 140 Å². The Labute approximate surface area is 457 Å². The number of hydrogen-bond acceptors (Lipinski definition) is 18. The maximum atomic E-state index is 14.4. The number of carbonyl (C=O) groups is 9. The number of imide groups is 1. The van der Waals surface area contributed by atoms with E-state index in [9.17, 15) is 48.3 Å². The van der Waals surface area contributed by atoms with Crippen LogP contribution < -0.4 is 20.3 Å². The van der Waals surface area contributed by atoms with E-state index >= 15 is 0 Å². The number of anilines is 1. The van der Waals surface area contributed by atoms with E-state index in [2.05, 4.69) is 10.6 Å². The van der Waals surface area contributed by atoms with Gasteiger partial charge in [-0.2, -0.15) is 0 Å². The molecule has 25 heteroatoms. The Kier molecular flexibility index (Phi) is 20.4. The van der Waals surface area contributed by atoms with Gasteiger partial charge < -0.3 is 63.1 Å². The van der Waals surface area contributed by atoms with Crippen LogP contribution in [0.3, 0.4) is 0 Å². The second kappa shape index (κ2) is 26.3. The number of methoxy groups -OCH3 is 2. The number of benzene rings is 1. The molecule has 1 aromatic rings. The number of rotatable bonds is 14. The maximum Gasteiger partial charge on any atom is 0.410 e. The lowest BCUT2D eigenvalue weighted by molar-refractivity contribution is -0.199. The highest BCUT2D eigenvalue weighted by molar-refractivity contribution is 6.35. The van der Waals surface area contributed by atoms with Crippen molar-refractivity contribution in [3.8, 4) is 5.75 Å². The fourth-order valence-corrected chi connectivity index (χ4v) is 9.91. The van der Waals surface area contributed by atoms with Crippen LogP contribution in [0.1, 0.15) is 97.5 Å². The SMILES string of the molecule is COc1cc2cc(c1Cl)N(C)C(=O)C[C@H](OC(=O)[C@H](C)N(C)C(=O)CCOC(=O)NC(CN(C)C(=O)OC1/C=C/CCCCC1)C(=O)ON1C(=O)CCC1=O)[C@]1(C)O[C@H]1[C@H](C)[C@@H]1C[C@@](O)(NC(=O)O1)[C@H](OC)/C=C/C=C(\C)C2. The van der Waals surface area contributed by atoms with Crippen molar-refractivity contribution < 1.29 is 86.3 Å². The number of aliphatic hydroxyl groups is 1. The predicted octanol–water partition coefficient (Wildman–Crippen LogP) is 4.56. The first kappa shape index (κ1) is 60.5. The number of fused-ring (bicyclic) bond motifs is 5. The number of esters is 1. The van der Waals surface area contributed by atoms with Crippen LogP contribution in [0.25, 0.3) is 0 Å². The molecule has 0 saturated carbocycles. The standard InChI is InChI=1S/C53H71ClN6O18/c1-30-16-15-19-39(72-9)53(70)28-38(75-50(68)56-53)31(2)46-52(4,77-46)40(27-44(64)59(7)36-25-33(24-30)26-37(71-8)45(36)54)76-47(65)32(3)58(6)41(61)22-23-73-49(67)55-35(48(66)78-60-42(62)20-21-43(60)63)29-57(5)51(69)74-34-17-13-11-10-12-14-18-34/h13,15-17,19,25-26,31-32,34-35,38-40,46,70H,10-12,14,18,20-24,27-29H2,1-9H3,(H,55,67)(H,56,68)/b17-13+,19-15+,30-16+/t31-,32+,34?,35?,38+,39-,40+,46+,52+,53+/m1/s1. The van der Waals surface area contributed by atoms with E-state index in [0.29, 0.717) is 24.3 Å². The highest BCUT2D eigenvalue weighted by Crippen LogP contribution is 2.49. The van der Waals surface area contributed by atoms with Gasteiger partial charge in [0.25, 0.3) is 11.8 Å². The Morgan fingerprint density at radius 3 is 2.41 bits per heavy atom. The van der Waals surface area contributed by atoms with Crippen molar-refractivity contribution in [2.45, 2.75) is 152 Å². The van der Waals surface area contributed by atoms with E-state index in [1.807, 2.05) is 19.1 Å². The van der Waals surface area contributed by atoms with Gasteiger partial charge in [-0.05, 0) is 76.6 Å². The third kappa shape index (κ3) is 14.9. The summed E-state index contributed by atoms with van der Waals surface area (Å²) in [7, 11) is 6.95. The molecule has 3 saturated heterocycles. The molecule has 4 aliphatic heterocycles. The second-order valence-corrected chi connectivity index (χ2v) is 20.7. The first-order valence-corrected chi connectivity index (χ1v) is 26.2. The number of epoxide rings is 1. The zero-order valence-corrected chi connectivity index (χ0v) is 46.2. The second-order valence-electron chi connectivity index (χ2n) is 20.3. The number of amides is 7. The van der Waals surface area contributed by atoms with Crippen LogP contribution in [0.15, 0.2) is 48.1 Å². The van der Waals surface area contributed by atoms with Crippen LogP contribution in [-0.4, -0.2) is 176 Å². The number of nitrogens with zero attached hydrogens (tertiary/aromatic N) is 4.